The van der Waals surface area contributed by atoms with E-state index in [4.69, 9.17) is 0 Å². The van der Waals surface area contributed by atoms with E-state index in [0.717, 1.165) is 25.4 Å². The van der Waals surface area contributed by atoms with Crippen molar-refractivity contribution in [1.82, 2.24) is 5.32 Å². The number of rotatable bonds is 7. The number of hydrogen-bond acceptors (Lipinski definition) is 4. The standard InChI is InChI=1S/C10H21NO2S2/c1-2-15(12,13)7-3-5-11-8-10-4-6-14-9-10/h10-11H,2-9H2,1H3. The summed E-state index contributed by atoms with van der Waals surface area (Å²) >= 11 is 2.02. The van der Waals surface area contributed by atoms with Gasteiger partial charge in [0.15, 0.2) is 0 Å². The fraction of sp³-hybridized carbons (Fsp3) is 1.00. The molecule has 3 nitrogen and oxygen atoms in total. The summed E-state index contributed by atoms with van der Waals surface area (Å²) in [6.07, 6.45) is 2.06. The van der Waals surface area contributed by atoms with Crippen molar-refractivity contribution in [1.29, 1.82) is 0 Å². The van der Waals surface area contributed by atoms with Gasteiger partial charge in [0.05, 0.1) is 5.75 Å². The van der Waals surface area contributed by atoms with E-state index < -0.39 is 9.84 Å². The molecule has 0 aromatic rings. The Morgan fingerprint density at radius 2 is 2.27 bits per heavy atom. The van der Waals surface area contributed by atoms with Crippen molar-refractivity contribution in [2.24, 2.45) is 5.92 Å². The average Bonchev–Trinajstić information content (AvgIpc) is 2.70. The van der Waals surface area contributed by atoms with Gasteiger partial charge in [-0.1, -0.05) is 6.92 Å². The van der Waals surface area contributed by atoms with Crippen molar-refractivity contribution < 1.29 is 8.42 Å². The molecule has 1 aliphatic rings. The second-order valence-electron chi connectivity index (χ2n) is 4.02. The van der Waals surface area contributed by atoms with Crippen molar-refractivity contribution >= 4 is 21.6 Å². The monoisotopic (exact) mass is 251 g/mol. The summed E-state index contributed by atoms with van der Waals surface area (Å²) in [5, 5.41) is 3.35. The SMILES string of the molecule is CCS(=O)(=O)CCCNCC1CCSC1. The lowest BCUT2D eigenvalue weighted by Gasteiger charge is -2.09. The van der Waals surface area contributed by atoms with Gasteiger partial charge in [-0.2, -0.15) is 11.8 Å². The van der Waals surface area contributed by atoms with E-state index in [9.17, 15) is 8.42 Å². The van der Waals surface area contributed by atoms with Crippen LogP contribution in [0.1, 0.15) is 19.8 Å². The van der Waals surface area contributed by atoms with E-state index in [2.05, 4.69) is 5.32 Å². The molecule has 90 valence electrons. The third-order valence-electron chi connectivity index (χ3n) is 2.71. The Morgan fingerprint density at radius 3 is 2.87 bits per heavy atom. The Balaban J connectivity index is 1.97. The number of nitrogens with one attached hydrogen (secondary N) is 1. The van der Waals surface area contributed by atoms with Gasteiger partial charge in [-0.05, 0) is 43.4 Å². The molecule has 0 saturated carbocycles. The van der Waals surface area contributed by atoms with Crippen molar-refractivity contribution in [2.75, 3.05) is 36.1 Å². The van der Waals surface area contributed by atoms with Crippen LogP contribution >= 0.6 is 11.8 Å². The van der Waals surface area contributed by atoms with E-state index in [1.54, 1.807) is 6.92 Å². The highest BCUT2D eigenvalue weighted by molar-refractivity contribution is 7.99. The zero-order valence-electron chi connectivity index (χ0n) is 9.37. The zero-order valence-corrected chi connectivity index (χ0v) is 11.0. The number of thioether (sulfide) groups is 1. The van der Waals surface area contributed by atoms with E-state index in [1.165, 1.54) is 17.9 Å². The van der Waals surface area contributed by atoms with E-state index in [0.29, 0.717) is 5.75 Å². The Labute approximate surface area is 97.3 Å². The summed E-state index contributed by atoms with van der Waals surface area (Å²) in [6.45, 7) is 3.60. The maximum Gasteiger partial charge on any atom is 0.150 e. The molecular formula is C10H21NO2S2. The highest BCUT2D eigenvalue weighted by Gasteiger charge is 2.14. The molecule has 1 unspecified atom stereocenters. The second kappa shape index (κ2) is 6.76. The third-order valence-corrected chi connectivity index (χ3v) is 5.73. The Morgan fingerprint density at radius 1 is 1.47 bits per heavy atom. The summed E-state index contributed by atoms with van der Waals surface area (Å²) < 4.78 is 22.4. The summed E-state index contributed by atoms with van der Waals surface area (Å²) in [4.78, 5) is 0. The molecule has 0 aliphatic carbocycles. The second-order valence-corrected chi connectivity index (χ2v) is 7.65. The zero-order chi connectivity index (χ0) is 11.1. The Hall–Kier alpha value is 0.260. The maximum absolute atomic E-state index is 11.2. The molecule has 0 aromatic heterocycles. The van der Waals surface area contributed by atoms with Crippen LogP contribution in [0.3, 0.4) is 0 Å². The fourth-order valence-electron chi connectivity index (χ4n) is 1.61. The van der Waals surface area contributed by atoms with Crippen molar-refractivity contribution in [2.45, 2.75) is 19.8 Å². The molecule has 0 amide bonds. The molecular weight excluding hydrogens is 230 g/mol. The Kier molecular flexibility index (Phi) is 6.00. The number of hydrogen-bond donors (Lipinski definition) is 1. The summed E-state index contributed by atoms with van der Waals surface area (Å²) in [7, 11) is -2.76. The molecule has 1 rings (SSSR count). The normalized spacial score (nSPS) is 22.1. The lowest BCUT2D eigenvalue weighted by molar-refractivity contribution is 0.521. The molecule has 1 atom stereocenters. The third kappa shape index (κ3) is 5.78. The van der Waals surface area contributed by atoms with Crippen LogP contribution in [0, 0.1) is 5.92 Å². The van der Waals surface area contributed by atoms with Crippen LogP contribution in [0.2, 0.25) is 0 Å². The molecule has 5 heteroatoms. The molecule has 0 radical (unpaired) electrons. The van der Waals surface area contributed by atoms with Crippen LogP contribution in [0.5, 0.6) is 0 Å². The minimum Gasteiger partial charge on any atom is -0.316 e. The first-order chi connectivity index (χ1) is 7.14. The molecule has 1 fully saturated rings. The van der Waals surface area contributed by atoms with Crippen molar-refractivity contribution in [3.05, 3.63) is 0 Å². The lowest BCUT2D eigenvalue weighted by atomic mass is 10.1. The van der Waals surface area contributed by atoms with Crippen LogP contribution in [0.15, 0.2) is 0 Å². The molecule has 1 heterocycles. The van der Waals surface area contributed by atoms with Gasteiger partial charge in [-0.15, -0.1) is 0 Å². The molecule has 0 bridgehead atoms. The summed E-state index contributed by atoms with van der Waals surface area (Å²) in [6, 6.07) is 0. The van der Waals surface area contributed by atoms with Gasteiger partial charge < -0.3 is 5.32 Å². The fourth-order valence-corrected chi connectivity index (χ4v) is 3.77. The predicted octanol–water partition coefficient (Wildman–Crippen LogP) is 1.15. The first-order valence-electron chi connectivity index (χ1n) is 5.63. The molecule has 1 N–H and O–H groups in total. The van der Waals surface area contributed by atoms with Crippen LogP contribution in [-0.4, -0.2) is 44.5 Å². The summed E-state index contributed by atoms with van der Waals surface area (Å²) in [5.74, 6) is 3.96. The Bertz CT molecular complexity index is 259. The van der Waals surface area contributed by atoms with Gasteiger partial charge in [-0.25, -0.2) is 8.42 Å². The quantitative estimate of drug-likeness (QED) is 0.690. The smallest absolute Gasteiger partial charge is 0.150 e. The van der Waals surface area contributed by atoms with Gasteiger partial charge in [0.2, 0.25) is 0 Å². The van der Waals surface area contributed by atoms with E-state index in [-0.39, 0.29) is 5.75 Å². The maximum atomic E-state index is 11.2. The molecule has 0 spiro atoms. The van der Waals surface area contributed by atoms with Gasteiger partial charge in [0, 0.05) is 5.75 Å². The number of sulfone groups is 1. The first kappa shape index (κ1) is 13.3. The molecule has 1 saturated heterocycles. The van der Waals surface area contributed by atoms with Gasteiger partial charge in [0.1, 0.15) is 9.84 Å². The summed E-state index contributed by atoms with van der Waals surface area (Å²) in [5.41, 5.74) is 0. The van der Waals surface area contributed by atoms with Crippen LogP contribution in [0.25, 0.3) is 0 Å². The highest BCUT2D eigenvalue weighted by Crippen LogP contribution is 2.22. The van der Waals surface area contributed by atoms with Gasteiger partial charge >= 0.3 is 0 Å². The molecule has 0 aromatic carbocycles. The van der Waals surface area contributed by atoms with E-state index in [1.807, 2.05) is 11.8 Å². The van der Waals surface area contributed by atoms with Crippen LogP contribution in [-0.2, 0) is 9.84 Å². The lowest BCUT2D eigenvalue weighted by Crippen LogP contribution is -2.25. The minimum atomic E-state index is -2.76. The van der Waals surface area contributed by atoms with Gasteiger partial charge in [-0.3, -0.25) is 0 Å². The average molecular weight is 251 g/mol. The van der Waals surface area contributed by atoms with Crippen LogP contribution < -0.4 is 5.32 Å². The predicted molar refractivity (Wildman–Crippen MR) is 67.2 cm³/mol. The van der Waals surface area contributed by atoms with Crippen molar-refractivity contribution in [3.63, 3.8) is 0 Å². The topological polar surface area (TPSA) is 46.2 Å². The largest absolute Gasteiger partial charge is 0.316 e. The van der Waals surface area contributed by atoms with Gasteiger partial charge in [0.25, 0.3) is 0 Å². The van der Waals surface area contributed by atoms with Crippen molar-refractivity contribution in [3.8, 4) is 0 Å². The first-order valence-corrected chi connectivity index (χ1v) is 8.60. The van der Waals surface area contributed by atoms with E-state index >= 15 is 0 Å². The molecule has 15 heavy (non-hydrogen) atoms. The highest BCUT2D eigenvalue weighted by atomic mass is 32.2. The van der Waals surface area contributed by atoms with Crippen LogP contribution in [0.4, 0.5) is 0 Å². The molecule has 1 aliphatic heterocycles. The minimum absolute atomic E-state index is 0.270.